The van der Waals surface area contributed by atoms with E-state index < -0.39 is 0 Å². The number of nitrogens with zero attached hydrogens (tertiary/aromatic N) is 2. The summed E-state index contributed by atoms with van der Waals surface area (Å²) in [6.07, 6.45) is 5.09. The monoisotopic (exact) mass is 369 g/mol. The van der Waals surface area contributed by atoms with E-state index >= 15 is 0 Å². The van der Waals surface area contributed by atoms with Gasteiger partial charge in [-0.25, -0.2) is 9.38 Å². The molecular weight excluding hydrogens is 345 g/mol. The summed E-state index contributed by atoms with van der Waals surface area (Å²) in [6.45, 7) is 3.18. The number of aromatic nitrogens is 1. The number of aliphatic imine (C=N–C) groups is 1. The molecule has 0 aliphatic heterocycles. The van der Waals surface area contributed by atoms with Crippen LogP contribution >= 0.6 is 0 Å². The second kappa shape index (κ2) is 8.62. The van der Waals surface area contributed by atoms with Crippen molar-refractivity contribution >= 4 is 17.6 Å². The molecule has 27 heavy (non-hydrogen) atoms. The van der Waals surface area contributed by atoms with Crippen molar-refractivity contribution in [2.24, 2.45) is 4.99 Å². The van der Waals surface area contributed by atoms with Gasteiger partial charge in [0.25, 0.3) is 0 Å². The summed E-state index contributed by atoms with van der Waals surface area (Å²) < 4.78 is 14.1. The van der Waals surface area contributed by atoms with Crippen molar-refractivity contribution in [3.8, 4) is 0 Å². The van der Waals surface area contributed by atoms with E-state index in [0.29, 0.717) is 24.7 Å². The molecule has 3 N–H and O–H groups in total. The number of anilines is 1. The fourth-order valence-electron chi connectivity index (χ4n) is 2.97. The average Bonchev–Trinajstić information content (AvgIpc) is 3.46. The van der Waals surface area contributed by atoms with Crippen LogP contribution in [0.25, 0.3) is 0 Å². The van der Waals surface area contributed by atoms with Crippen molar-refractivity contribution in [1.29, 1.82) is 0 Å². The molecule has 1 aromatic heterocycles. The fourth-order valence-corrected chi connectivity index (χ4v) is 2.97. The Morgan fingerprint density at radius 3 is 2.70 bits per heavy atom. The lowest BCUT2D eigenvalue weighted by molar-refractivity contribution is -0.114. The molecule has 142 valence electrons. The first-order valence-corrected chi connectivity index (χ1v) is 9.10. The number of nitrogens with one attached hydrogen (secondary N) is 3. The molecular formula is C20H24FN5O. The van der Waals surface area contributed by atoms with Gasteiger partial charge in [-0.3, -0.25) is 9.78 Å². The van der Waals surface area contributed by atoms with Crippen LogP contribution in [0.1, 0.15) is 25.3 Å². The zero-order chi connectivity index (χ0) is 19.1. The topological polar surface area (TPSA) is 78.4 Å². The lowest BCUT2D eigenvalue weighted by Crippen LogP contribution is -2.42. The molecule has 2 aromatic rings. The highest BCUT2D eigenvalue weighted by molar-refractivity contribution is 5.93. The molecule has 1 aliphatic rings. The first-order valence-electron chi connectivity index (χ1n) is 9.10. The molecule has 1 aliphatic carbocycles. The van der Waals surface area contributed by atoms with Gasteiger partial charge in [0, 0.05) is 24.7 Å². The van der Waals surface area contributed by atoms with Crippen LogP contribution in [-0.2, 0) is 10.2 Å². The van der Waals surface area contributed by atoms with Crippen LogP contribution < -0.4 is 16.0 Å². The van der Waals surface area contributed by atoms with Crippen LogP contribution in [0.2, 0.25) is 0 Å². The lowest BCUT2D eigenvalue weighted by Gasteiger charge is -2.19. The Bertz CT molecular complexity index is 805. The normalized spacial score (nSPS) is 15.1. The molecule has 0 saturated heterocycles. The quantitative estimate of drug-likeness (QED) is 0.517. The van der Waals surface area contributed by atoms with Gasteiger partial charge in [0.05, 0.1) is 11.9 Å². The number of guanidine groups is 1. The van der Waals surface area contributed by atoms with Crippen molar-refractivity contribution in [3.05, 3.63) is 60.2 Å². The highest BCUT2D eigenvalue weighted by Gasteiger charge is 2.45. The SMILES string of the molecule is CCNC(=NCC(=O)Nc1cccnc1)NCC1(c2ccccc2F)CC1. The number of amides is 1. The first kappa shape index (κ1) is 18.8. The lowest BCUT2D eigenvalue weighted by atomic mass is 9.95. The van der Waals surface area contributed by atoms with E-state index in [9.17, 15) is 9.18 Å². The van der Waals surface area contributed by atoms with Gasteiger partial charge in [0.2, 0.25) is 5.91 Å². The maximum absolute atomic E-state index is 14.1. The Balaban J connectivity index is 1.58. The molecule has 0 radical (unpaired) electrons. The number of benzene rings is 1. The summed E-state index contributed by atoms with van der Waals surface area (Å²) in [5, 5.41) is 9.11. The molecule has 1 heterocycles. The molecule has 1 fully saturated rings. The molecule has 0 spiro atoms. The number of carbonyl (C=O) groups is 1. The highest BCUT2D eigenvalue weighted by Crippen LogP contribution is 2.48. The average molecular weight is 369 g/mol. The van der Waals surface area contributed by atoms with Crippen molar-refractivity contribution in [2.45, 2.75) is 25.2 Å². The predicted octanol–water partition coefficient (Wildman–Crippen LogP) is 2.45. The third-order valence-electron chi connectivity index (χ3n) is 4.56. The summed E-state index contributed by atoms with van der Waals surface area (Å²) in [6, 6.07) is 10.4. The minimum Gasteiger partial charge on any atom is -0.357 e. The van der Waals surface area contributed by atoms with Gasteiger partial charge in [-0.2, -0.15) is 0 Å². The van der Waals surface area contributed by atoms with E-state index in [4.69, 9.17) is 0 Å². The molecule has 1 amide bonds. The molecule has 0 atom stereocenters. The number of rotatable bonds is 7. The molecule has 3 rings (SSSR count). The Morgan fingerprint density at radius 2 is 2.04 bits per heavy atom. The first-order chi connectivity index (χ1) is 13.1. The van der Waals surface area contributed by atoms with Crippen LogP contribution in [0.3, 0.4) is 0 Å². The maximum Gasteiger partial charge on any atom is 0.246 e. The van der Waals surface area contributed by atoms with E-state index in [-0.39, 0.29) is 23.7 Å². The van der Waals surface area contributed by atoms with Gasteiger partial charge < -0.3 is 16.0 Å². The van der Waals surface area contributed by atoms with Crippen molar-refractivity contribution in [1.82, 2.24) is 15.6 Å². The Hall–Kier alpha value is -2.96. The Labute approximate surface area is 158 Å². The van der Waals surface area contributed by atoms with Crippen molar-refractivity contribution in [3.63, 3.8) is 0 Å². The zero-order valence-corrected chi connectivity index (χ0v) is 15.3. The molecule has 0 unspecified atom stereocenters. The van der Waals surface area contributed by atoms with Crippen LogP contribution in [0.4, 0.5) is 10.1 Å². The van der Waals surface area contributed by atoms with E-state index in [1.807, 2.05) is 19.1 Å². The maximum atomic E-state index is 14.1. The van der Waals surface area contributed by atoms with Crippen molar-refractivity contribution in [2.75, 3.05) is 25.0 Å². The van der Waals surface area contributed by atoms with Crippen LogP contribution in [0.15, 0.2) is 53.8 Å². The molecule has 1 aromatic carbocycles. The molecule has 0 bridgehead atoms. The zero-order valence-electron chi connectivity index (χ0n) is 15.3. The summed E-state index contributed by atoms with van der Waals surface area (Å²) >= 11 is 0. The van der Waals surface area contributed by atoms with Crippen LogP contribution in [0, 0.1) is 5.82 Å². The molecule has 1 saturated carbocycles. The van der Waals surface area contributed by atoms with Crippen LogP contribution in [-0.4, -0.2) is 36.5 Å². The van der Waals surface area contributed by atoms with E-state index in [1.165, 1.54) is 6.07 Å². The largest absolute Gasteiger partial charge is 0.357 e. The van der Waals surface area contributed by atoms with E-state index in [1.54, 1.807) is 30.6 Å². The standard InChI is InChI=1S/C20H24FN5O/c1-2-23-19(24-13-18(27)26-15-6-5-11-22-12-15)25-14-20(9-10-20)16-7-3-4-8-17(16)21/h3-8,11-12H,2,9-10,13-14H2,1H3,(H,26,27)(H2,23,24,25). The number of carbonyl (C=O) groups excluding carboxylic acids is 1. The highest BCUT2D eigenvalue weighted by atomic mass is 19.1. The second-order valence-corrected chi connectivity index (χ2v) is 6.60. The number of hydrogen-bond donors (Lipinski definition) is 3. The number of halogens is 1. The van der Waals surface area contributed by atoms with E-state index in [2.05, 4.69) is 25.9 Å². The van der Waals surface area contributed by atoms with Gasteiger partial charge in [-0.05, 0) is 43.5 Å². The van der Waals surface area contributed by atoms with Crippen LogP contribution in [0.5, 0.6) is 0 Å². The minimum absolute atomic E-state index is 0.0169. The predicted molar refractivity (Wildman–Crippen MR) is 104 cm³/mol. The van der Waals surface area contributed by atoms with Gasteiger partial charge in [-0.1, -0.05) is 18.2 Å². The van der Waals surface area contributed by atoms with Gasteiger partial charge in [0.1, 0.15) is 12.4 Å². The summed E-state index contributed by atoms with van der Waals surface area (Å²) in [5.41, 5.74) is 1.18. The summed E-state index contributed by atoms with van der Waals surface area (Å²) in [5.74, 6) is 0.145. The van der Waals surface area contributed by atoms with Gasteiger partial charge >= 0.3 is 0 Å². The third kappa shape index (κ3) is 5.03. The summed E-state index contributed by atoms with van der Waals surface area (Å²) in [4.78, 5) is 20.3. The summed E-state index contributed by atoms with van der Waals surface area (Å²) in [7, 11) is 0. The van der Waals surface area contributed by atoms with E-state index in [0.717, 1.165) is 18.4 Å². The molecule has 7 heteroatoms. The second-order valence-electron chi connectivity index (χ2n) is 6.60. The Kier molecular flexibility index (Phi) is 6.01. The fraction of sp³-hybridized carbons (Fsp3) is 0.350. The number of hydrogen-bond acceptors (Lipinski definition) is 3. The van der Waals surface area contributed by atoms with Gasteiger partial charge in [0.15, 0.2) is 5.96 Å². The smallest absolute Gasteiger partial charge is 0.246 e. The number of pyridine rings is 1. The van der Waals surface area contributed by atoms with Gasteiger partial charge in [-0.15, -0.1) is 0 Å². The minimum atomic E-state index is -0.226. The third-order valence-corrected chi connectivity index (χ3v) is 4.56. The Morgan fingerprint density at radius 1 is 1.22 bits per heavy atom. The molecule has 6 nitrogen and oxygen atoms in total. The van der Waals surface area contributed by atoms with Crippen molar-refractivity contribution < 1.29 is 9.18 Å².